The Bertz CT molecular complexity index is 723. The minimum Gasteiger partial charge on any atom is -0.479 e. The molecule has 1 N–H and O–H groups in total. The lowest BCUT2D eigenvalue weighted by atomic mass is 9.92. The van der Waals surface area contributed by atoms with Crippen molar-refractivity contribution in [2.24, 2.45) is 0 Å². The van der Waals surface area contributed by atoms with Crippen LogP contribution in [0.3, 0.4) is 0 Å². The van der Waals surface area contributed by atoms with Crippen LogP contribution in [0.2, 0.25) is 0 Å². The van der Waals surface area contributed by atoms with E-state index in [4.69, 9.17) is 0 Å². The summed E-state index contributed by atoms with van der Waals surface area (Å²) >= 11 is 0. The zero-order valence-electron chi connectivity index (χ0n) is 12.3. The number of carboxylic acid groups (broad SMARTS) is 1. The van der Waals surface area contributed by atoms with E-state index in [-0.39, 0.29) is 5.91 Å². The number of carbonyl (C=O) groups excluding carboxylic acids is 1. The molecule has 114 valence electrons. The van der Waals surface area contributed by atoms with E-state index in [1.807, 2.05) is 19.1 Å². The van der Waals surface area contributed by atoms with Gasteiger partial charge >= 0.3 is 5.97 Å². The van der Waals surface area contributed by atoms with Gasteiger partial charge in [0.2, 0.25) is 0 Å². The third kappa shape index (κ3) is 2.36. The minimum atomic E-state index is -1.01. The molecule has 0 unspecified atom stereocenters. The van der Waals surface area contributed by atoms with Gasteiger partial charge in [0, 0.05) is 19.3 Å². The zero-order chi connectivity index (χ0) is 15.7. The second-order valence-electron chi connectivity index (χ2n) is 5.27. The van der Waals surface area contributed by atoms with Crippen molar-refractivity contribution in [2.45, 2.75) is 25.9 Å². The SMILES string of the molecule is CCn1cc(C(=O)N2CCc3ccccc3[C@@H]2C(=O)O)cn1. The predicted molar refractivity (Wildman–Crippen MR) is 79.5 cm³/mol. The van der Waals surface area contributed by atoms with Gasteiger partial charge in [-0.05, 0) is 24.5 Å². The number of carbonyl (C=O) groups is 2. The van der Waals surface area contributed by atoms with Gasteiger partial charge in [0.15, 0.2) is 6.04 Å². The van der Waals surface area contributed by atoms with Crippen molar-refractivity contribution < 1.29 is 14.7 Å². The van der Waals surface area contributed by atoms with Gasteiger partial charge in [0.25, 0.3) is 5.91 Å². The van der Waals surface area contributed by atoms with Crippen LogP contribution in [0.25, 0.3) is 0 Å². The van der Waals surface area contributed by atoms with Gasteiger partial charge in [-0.25, -0.2) is 4.79 Å². The monoisotopic (exact) mass is 299 g/mol. The number of hydrogen-bond donors (Lipinski definition) is 1. The maximum absolute atomic E-state index is 12.7. The standard InChI is InChI=1S/C16H17N3O3/c1-2-18-10-12(9-17-18)15(20)19-8-7-11-5-3-4-6-13(11)14(19)16(21)22/h3-6,9-10,14H,2,7-8H2,1H3,(H,21,22)/t14-/m1/s1. The molecular formula is C16H17N3O3. The largest absolute Gasteiger partial charge is 0.479 e. The van der Waals surface area contributed by atoms with Crippen molar-refractivity contribution in [1.29, 1.82) is 0 Å². The smallest absolute Gasteiger partial charge is 0.331 e. The highest BCUT2D eigenvalue weighted by Crippen LogP contribution is 2.31. The molecule has 6 nitrogen and oxygen atoms in total. The second-order valence-corrected chi connectivity index (χ2v) is 5.27. The van der Waals surface area contributed by atoms with E-state index in [0.717, 1.165) is 5.56 Å². The highest BCUT2D eigenvalue weighted by molar-refractivity contribution is 5.96. The van der Waals surface area contributed by atoms with Gasteiger partial charge in [-0.3, -0.25) is 9.48 Å². The Kier molecular flexibility index (Phi) is 3.66. The Labute approximate surface area is 128 Å². The van der Waals surface area contributed by atoms with Gasteiger partial charge in [-0.1, -0.05) is 24.3 Å². The molecule has 0 spiro atoms. The van der Waals surface area contributed by atoms with Crippen molar-refractivity contribution in [2.75, 3.05) is 6.54 Å². The number of benzene rings is 1. The van der Waals surface area contributed by atoms with Gasteiger partial charge in [-0.2, -0.15) is 5.10 Å². The van der Waals surface area contributed by atoms with E-state index in [1.54, 1.807) is 23.0 Å². The van der Waals surface area contributed by atoms with E-state index in [0.29, 0.717) is 30.6 Å². The number of aliphatic carboxylic acids is 1. The Morgan fingerprint density at radius 2 is 2.14 bits per heavy atom. The van der Waals surface area contributed by atoms with Crippen molar-refractivity contribution in [3.05, 3.63) is 53.3 Å². The molecule has 1 aromatic heterocycles. The number of carboxylic acids is 1. The molecule has 1 aliphatic rings. The van der Waals surface area contributed by atoms with Gasteiger partial charge in [-0.15, -0.1) is 0 Å². The maximum Gasteiger partial charge on any atom is 0.331 e. The fraction of sp³-hybridized carbons (Fsp3) is 0.312. The average molecular weight is 299 g/mol. The van der Waals surface area contributed by atoms with E-state index >= 15 is 0 Å². The summed E-state index contributed by atoms with van der Waals surface area (Å²) in [6.07, 6.45) is 3.81. The van der Waals surface area contributed by atoms with Crippen LogP contribution in [-0.4, -0.2) is 38.2 Å². The van der Waals surface area contributed by atoms with Gasteiger partial charge in [0.05, 0.1) is 11.8 Å². The van der Waals surface area contributed by atoms with Crippen LogP contribution in [0.15, 0.2) is 36.7 Å². The molecule has 0 aliphatic carbocycles. The number of rotatable bonds is 3. The van der Waals surface area contributed by atoms with Crippen LogP contribution in [0, 0.1) is 0 Å². The van der Waals surface area contributed by atoms with Gasteiger partial charge < -0.3 is 10.0 Å². The topological polar surface area (TPSA) is 75.4 Å². The number of fused-ring (bicyclic) bond motifs is 1. The third-order valence-corrected chi connectivity index (χ3v) is 3.98. The molecule has 0 saturated heterocycles. The Morgan fingerprint density at radius 3 is 2.82 bits per heavy atom. The number of amides is 1. The molecule has 0 bridgehead atoms. The Balaban J connectivity index is 1.96. The van der Waals surface area contributed by atoms with E-state index in [1.165, 1.54) is 11.1 Å². The molecule has 2 aromatic rings. The first-order chi connectivity index (χ1) is 10.6. The summed E-state index contributed by atoms with van der Waals surface area (Å²) in [6, 6.07) is 6.45. The molecule has 6 heteroatoms. The summed E-state index contributed by atoms with van der Waals surface area (Å²) in [6.45, 7) is 2.99. The van der Waals surface area contributed by atoms with Crippen LogP contribution in [-0.2, 0) is 17.8 Å². The fourth-order valence-electron chi connectivity index (χ4n) is 2.86. The summed E-state index contributed by atoms with van der Waals surface area (Å²) in [7, 11) is 0. The molecule has 1 aliphatic heterocycles. The third-order valence-electron chi connectivity index (χ3n) is 3.98. The average Bonchev–Trinajstić information content (AvgIpc) is 3.02. The molecule has 22 heavy (non-hydrogen) atoms. The summed E-state index contributed by atoms with van der Waals surface area (Å²) in [5.74, 6) is -1.30. The highest BCUT2D eigenvalue weighted by atomic mass is 16.4. The van der Waals surface area contributed by atoms with Crippen LogP contribution in [0.4, 0.5) is 0 Å². The van der Waals surface area contributed by atoms with Crippen molar-refractivity contribution in [3.8, 4) is 0 Å². The maximum atomic E-state index is 12.7. The minimum absolute atomic E-state index is 0.290. The second kappa shape index (κ2) is 5.63. The van der Waals surface area contributed by atoms with Gasteiger partial charge in [0.1, 0.15) is 0 Å². The summed E-state index contributed by atoms with van der Waals surface area (Å²) in [5, 5.41) is 13.7. The van der Waals surface area contributed by atoms with E-state index < -0.39 is 12.0 Å². The summed E-state index contributed by atoms with van der Waals surface area (Å²) in [4.78, 5) is 25.8. The number of hydrogen-bond acceptors (Lipinski definition) is 3. The molecule has 0 radical (unpaired) electrons. The van der Waals surface area contributed by atoms with Crippen LogP contribution < -0.4 is 0 Å². The fourth-order valence-corrected chi connectivity index (χ4v) is 2.86. The summed E-state index contributed by atoms with van der Waals surface area (Å²) < 4.78 is 1.65. The molecule has 2 heterocycles. The Hall–Kier alpha value is -2.63. The molecule has 3 rings (SSSR count). The quantitative estimate of drug-likeness (QED) is 0.936. The number of aromatic nitrogens is 2. The number of nitrogens with zero attached hydrogens (tertiary/aromatic N) is 3. The van der Waals surface area contributed by atoms with Crippen molar-refractivity contribution in [1.82, 2.24) is 14.7 Å². The number of aryl methyl sites for hydroxylation is 1. The van der Waals surface area contributed by atoms with E-state index in [9.17, 15) is 14.7 Å². The predicted octanol–water partition coefficient (Wildman–Crippen LogP) is 1.73. The summed E-state index contributed by atoms with van der Waals surface area (Å²) in [5.41, 5.74) is 2.10. The normalized spacial score (nSPS) is 17.1. The van der Waals surface area contributed by atoms with Crippen molar-refractivity contribution in [3.63, 3.8) is 0 Å². The lowest BCUT2D eigenvalue weighted by molar-refractivity contribution is -0.143. The van der Waals surface area contributed by atoms with Crippen LogP contribution in [0.5, 0.6) is 0 Å². The lowest BCUT2D eigenvalue weighted by Gasteiger charge is -2.34. The molecule has 1 aromatic carbocycles. The molecule has 1 amide bonds. The molecular weight excluding hydrogens is 282 g/mol. The van der Waals surface area contributed by atoms with Crippen LogP contribution in [0.1, 0.15) is 34.5 Å². The first kappa shape index (κ1) is 14.3. The molecule has 1 atom stereocenters. The molecule has 0 saturated carbocycles. The zero-order valence-corrected chi connectivity index (χ0v) is 12.3. The first-order valence-corrected chi connectivity index (χ1v) is 7.26. The Morgan fingerprint density at radius 1 is 1.36 bits per heavy atom. The first-order valence-electron chi connectivity index (χ1n) is 7.26. The lowest BCUT2D eigenvalue weighted by Crippen LogP contribution is -2.43. The molecule has 0 fully saturated rings. The van der Waals surface area contributed by atoms with Crippen LogP contribution >= 0.6 is 0 Å². The van der Waals surface area contributed by atoms with Crippen molar-refractivity contribution >= 4 is 11.9 Å². The van der Waals surface area contributed by atoms with E-state index in [2.05, 4.69) is 5.10 Å². The highest BCUT2D eigenvalue weighted by Gasteiger charge is 2.36.